The molecule has 3 unspecified atom stereocenters. The fraction of sp³-hybridized carbons (Fsp3) is 0.588. The van der Waals surface area contributed by atoms with Gasteiger partial charge in [-0.3, -0.25) is 4.79 Å². The maximum atomic E-state index is 12.9. The molecule has 114 valence electrons. The minimum Gasteiger partial charge on any atom is -0.384 e. The summed E-state index contributed by atoms with van der Waals surface area (Å²) in [6.45, 7) is 1.80. The van der Waals surface area contributed by atoms with Gasteiger partial charge in [0, 0.05) is 5.92 Å². The first-order chi connectivity index (χ1) is 9.99. The van der Waals surface area contributed by atoms with E-state index in [-0.39, 0.29) is 24.2 Å². The third-order valence-corrected chi connectivity index (χ3v) is 5.03. The lowest BCUT2D eigenvalue weighted by atomic mass is 9.96. The highest BCUT2D eigenvalue weighted by Crippen LogP contribution is 2.55. The van der Waals surface area contributed by atoms with E-state index in [0.717, 1.165) is 12.8 Å². The molecule has 2 aliphatic carbocycles. The van der Waals surface area contributed by atoms with Gasteiger partial charge in [-0.05, 0) is 49.3 Å². The van der Waals surface area contributed by atoms with E-state index in [0.29, 0.717) is 17.4 Å². The number of carbonyl (C=O) groups is 1. The number of carbonyl (C=O) groups excluding carboxylic acids is 1. The average molecular weight is 291 g/mol. The van der Waals surface area contributed by atoms with Gasteiger partial charge in [0.1, 0.15) is 11.4 Å². The molecule has 1 amide bonds. The van der Waals surface area contributed by atoms with Crippen LogP contribution in [-0.2, 0) is 10.4 Å². The average Bonchev–Trinajstić information content (AvgIpc) is 3.20. The quantitative estimate of drug-likeness (QED) is 0.896. The molecule has 21 heavy (non-hydrogen) atoms. The van der Waals surface area contributed by atoms with Gasteiger partial charge >= 0.3 is 0 Å². The zero-order chi connectivity index (χ0) is 15.0. The predicted octanol–water partition coefficient (Wildman–Crippen LogP) is 2.59. The van der Waals surface area contributed by atoms with Crippen molar-refractivity contribution in [1.29, 1.82) is 0 Å². The number of hydrogen-bond acceptors (Lipinski definition) is 2. The Labute approximate surface area is 124 Å². The summed E-state index contributed by atoms with van der Waals surface area (Å²) in [6, 6.07) is 5.75. The van der Waals surface area contributed by atoms with Crippen molar-refractivity contribution >= 4 is 5.91 Å². The summed E-state index contributed by atoms with van der Waals surface area (Å²) in [5, 5.41) is 13.3. The smallest absolute Gasteiger partial charge is 0.223 e. The maximum absolute atomic E-state index is 12.9. The first-order valence-corrected chi connectivity index (χ1v) is 7.75. The van der Waals surface area contributed by atoms with Crippen molar-refractivity contribution in [2.24, 2.45) is 17.8 Å². The molecule has 2 N–H and O–H groups in total. The number of benzene rings is 1. The van der Waals surface area contributed by atoms with Crippen LogP contribution in [0.5, 0.6) is 0 Å². The van der Waals surface area contributed by atoms with Gasteiger partial charge in [0.2, 0.25) is 5.91 Å². The first kappa shape index (κ1) is 14.5. The molecule has 0 spiro atoms. The van der Waals surface area contributed by atoms with E-state index in [1.54, 1.807) is 19.1 Å². The van der Waals surface area contributed by atoms with Gasteiger partial charge in [-0.1, -0.05) is 25.0 Å². The SMILES string of the molecule is CC(O)(CNC(=O)C1C2CCCCC21)c1ccc(F)cc1. The van der Waals surface area contributed by atoms with Crippen molar-refractivity contribution in [3.8, 4) is 0 Å². The summed E-state index contributed by atoms with van der Waals surface area (Å²) in [6.07, 6.45) is 4.80. The Morgan fingerprint density at radius 3 is 2.43 bits per heavy atom. The van der Waals surface area contributed by atoms with E-state index >= 15 is 0 Å². The van der Waals surface area contributed by atoms with Crippen LogP contribution in [0.25, 0.3) is 0 Å². The van der Waals surface area contributed by atoms with Gasteiger partial charge in [0.25, 0.3) is 0 Å². The van der Waals surface area contributed by atoms with Crippen LogP contribution in [0.3, 0.4) is 0 Å². The van der Waals surface area contributed by atoms with Crippen molar-refractivity contribution in [2.75, 3.05) is 6.54 Å². The molecule has 0 saturated heterocycles. The zero-order valence-corrected chi connectivity index (χ0v) is 12.3. The van der Waals surface area contributed by atoms with Gasteiger partial charge in [0.15, 0.2) is 0 Å². The lowest BCUT2D eigenvalue weighted by Gasteiger charge is -2.24. The largest absolute Gasteiger partial charge is 0.384 e. The second kappa shape index (κ2) is 5.41. The van der Waals surface area contributed by atoms with Crippen LogP contribution in [0.4, 0.5) is 4.39 Å². The van der Waals surface area contributed by atoms with Crippen LogP contribution in [0.15, 0.2) is 24.3 Å². The number of nitrogens with one attached hydrogen (secondary N) is 1. The van der Waals surface area contributed by atoms with E-state index in [2.05, 4.69) is 5.32 Å². The van der Waals surface area contributed by atoms with Crippen LogP contribution in [-0.4, -0.2) is 17.6 Å². The molecule has 3 nitrogen and oxygen atoms in total. The van der Waals surface area contributed by atoms with Crippen LogP contribution >= 0.6 is 0 Å². The third-order valence-electron chi connectivity index (χ3n) is 5.03. The van der Waals surface area contributed by atoms with Gasteiger partial charge in [-0.25, -0.2) is 4.39 Å². The van der Waals surface area contributed by atoms with Crippen LogP contribution in [0.1, 0.15) is 38.2 Å². The Morgan fingerprint density at radius 2 is 1.86 bits per heavy atom. The minimum absolute atomic E-state index is 0.0642. The lowest BCUT2D eigenvalue weighted by Crippen LogP contribution is -2.39. The van der Waals surface area contributed by atoms with Gasteiger partial charge in [0.05, 0.1) is 6.54 Å². The Balaban J connectivity index is 1.56. The summed E-state index contributed by atoms with van der Waals surface area (Å²) in [5.74, 6) is 1.01. The molecule has 0 aromatic heterocycles. The summed E-state index contributed by atoms with van der Waals surface area (Å²) < 4.78 is 12.9. The molecule has 2 fully saturated rings. The zero-order valence-electron chi connectivity index (χ0n) is 12.3. The Morgan fingerprint density at radius 1 is 1.29 bits per heavy atom. The molecular formula is C17H22FNO2. The van der Waals surface area contributed by atoms with Crippen molar-refractivity contribution in [3.63, 3.8) is 0 Å². The van der Waals surface area contributed by atoms with Crippen molar-refractivity contribution in [2.45, 2.75) is 38.2 Å². The number of fused-ring (bicyclic) bond motifs is 1. The molecule has 0 aliphatic heterocycles. The molecule has 1 aromatic carbocycles. The number of hydrogen-bond donors (Lipinski definition) is 2. The molecule has 0 bridgehead atoms. The molecule has 1 aromatic rings. The normalized spacial score (nSPS) is 30.1. The van der Waals surface area contributed by atoms with E-state index in [1.807, 2.05) is 0 Å². The molecule has 0 heterocycles. The van der Waals surface area contributed by atoms with Crippen LogP contribution in [0, 0.1) is 23.6 Å². The van der Waals surface area contributed by atoms with E-state index in [9.17, 15) is 14.3 Å². The minimum atomic E-state index is -1.18. The fourth-order valence-corrected chi connectivity index (χ4v) is 3.67. The molecule has 3 rings (SSSR count). The highest BCUT2D eigenvalue weighted by atomic mass is 19.1. The van der Waals surface area contributed by atoms with Crippen molar-refractivity contribution in [3.05, 3.63) is 35.6 Å². The van der Waals surface area contributed by atoms with Gasteiger partial charge in [-0.2, -0.15) is 0 Å². The second-order valence-corrected chi connectivity index (χ2v) is 6.64. The Bertz CT molecular complexity index is 514. The highest BCUT2D eigenvalue weighted by Gasteiger charge is 2.54. The van der Waals surface area contributed by atoms with Gasteiger partial charge < -0.3 is 10.4 Å². The number of halogens is 1. The number of aliphatic hydroxyl groups is 1. The standard InChI is InChI=1S/C17H22FNO2/c1-17(21,11-6-8-12(18)9-7-11)10-19-16(20)15-13-4-2-3-5-14(13)15/h6-9,13-15,21H,2-5,10H2,1H3,(H,19,20). The van der Waals surface area contributed by atoms with E-state index in [4.69, 9.17) is 0 Å². The maximum Gasteiger partial charge on any atom is 0.223 e. The monoisotopic (exact) mass is 291 g/mol. The first-order valence-electron chi connectivity index (χ1n) is 7.75. The molecule has 4 heteroatoms. The molecule has 2 saturated carbocycles. The Hall–Kier alpha value is -1.42. The number of amides is 1. The third kappa shape index (κ3) is 2.95. The molecule has 3 atom stereocenters. The van der Waals surface area contributed by atoms with Crippen molar-refractivity contribution < 1.29 is 14.3 Å². The van der Waals surface area contributed by atoms with E-state index < -0.39 is 5.60 Å². The highest BCUT2D eigenvalue weighted by molar-refractivity contribution is 5.82. The number of rotatable bonds is 4. The van der Waals surface area contributed by atoms with Crippen molar-refractivity contribution in [1.82, 2.24) is 5.32 Å². The topological polar surface area (TPSA) is 49.3 Å². The summed E-state index contributed by atoms with van der Waals surface area (Å²) >= 11 is 0. The summed E-state index contributed by atoms with van der Waals surface area (Å²) in [5.41, 5.74) is -0.568. The lowest BCUT2D eigenvalue weighted by molar-refractivity contribution is -0.124. The molecule has 2 aliphatic rings. The summed E-state index contributed by atoms with van der Waals surface area (Å²) in [4.78, 5) is 12.2. The van der Waals surface area contributed by atoms with Gasteiger partial charge in [-0.15, -0.1) is 0 Å². The van der Waals surface area contributed by atoms with Crippen LogP contribution < -0.4 is 5.32 Å². The molecular weight excluding hydrogens is 269 g/mol. The summed E-state index contributed by atoms with van der Waals surface area (Å²) in [7, 11) is 0. The fourth-order valence-electron chi connectivity index (χ4n) is 3.67. The van der Waals surface area contributed by atoms with Crippen LogP contribution in [0.2, 0.25) is 0 Å². The Kier molecular flexibility index (Phi) is 3.74. The predicted molar refractivity (Wildman–Crippen MR) is 77.9 cm³/mol. The second-order valence-electron chi connectivity index (χ2n) is 6.64. The molecule has 0 radical (unpaired) electrons. The van der Waals surface area contributed by atoms with E-state index in [1.165, 1.54) is 25.0 Å².